The minimum absolute atomic E-state index is 0.0653. The molecule has 0 spiro atoms. The van der Waals surface area contributed by atoms with Crippen LogP contribution in [0.4, 0.5) is 10.5 Å². The van der Waals surface area contributed by atoms with Crippen molar-refractivity contribution in [2.45, 2.75) is 20.8 Å². The third-order valence-electron chi connectivity index (χ3n) is 3.08. The maximum absolute atomic E-state index is 11.8. The van der Waals surface area contributed by atoms with Crippen LogP contribution in [-0.4, -0.2) is 17.6 Å². The van der Waals surface area contributed by atoms with Gasteiger partial charge < -0.3 is 0 Å². The van der Waals surface area contributed by atoms with Gasteiger partial charge in [-0.3, -0.25) is 14.9 Å². The number of carbonyl (C=O) groups is 2. The standard InChI is InChI=1S/C16H15BrN2O3/c1-9-4-5-13(12(17)6-9)18-16(21)22-19-14-7-11(3)15(20)8-10(14)2/h4-8H,1-3H3,(H,18,21). The van der Waals surface area contributed by atoms with E-state index in [2.05, 4.69) is 26.4 Å². The Bertz CT molecular complexity index is 733. The largest absolute Gasteiger partial charge is 0.437 e. The van der Waals surface area contributed by atoms with Gasteiger partial charge in [0.1, 0.15) is 5.71 Å². The van der Waals surface area contributed by atoms with E-state index in [1.807, 2.05) is 19.1 Å². The molecular formula is C16H15BrN2O3. The predicted molar refractivity (Wildman–Crippen MR) is 88.9 cm³/mol. The molecule has 5 nitrogen and oxygen atoms in total. The van der Waals surface area contributed by atoms with Crippen LogP contribution in [0, 0.1) is 6.92 Å². The summed E-state index contributed by atoms with van der Waals surface area (Å²) in [7, 11) is 0. The molecule has 1 aromatic carbocycles. The van der Waals surface area contributed by atoms with Gasteiger partial charge in [-0.25, -0.2) is 4.79 Å². The molecule has 1 aliphatic carbocycles. The fourth-order valence-electron chi connectivity index (χ4n) is 1.82. The molecule has 0 unspecified atom stereocenters. The van der Waals surface area contributed by atoms with Crippen molar-refractivity contribution in [3.8, 4) is 0 Å². The number of halogens is 1. The summed E-state index contributed by atoms with van der Waals surface area (Å²) < 4.78 is 0.757. The van der Waals surface area contributed by atoms with E-state index in [1.54, 1.807) is 26.0 Å². The van der Waals surface area contributed by atoms with Gasteiger partial charge in [-0.2, -0.15) is 0 Å². The Balaban J connectivity index is 2.05. The molecule has 0 bridgehead atoms. The topological polar surface area (TPSA) is 67.8 Å². The lowest BCUT2D eigenvalue weighted by Gasteiger charge is -2.09. The van der Waals surface area contributed by atoms with E-state index in [4.69, 9.17) is 4.84 Å². The van der Waals surface area contributed by atoms with Gasteiger partial charge in [-0.05, 0) is 77.7 Å². The second kappa shape index (κ2) is 6.70. The minimum atomic E-state index is -0.701. The van der Waals surface area contributed by atoms with Gasteiger partial charge in [0.05, 0.1) is 5.69 Å². The van der Waals surface area contributed by atoms with Crippen molar-refractivity contribution in [2.24, 2.45) is 5.16 Å². The fraction of sp³-hybridized carbons (Fsp3) is 0.188. The van der Waals surface area contributed by atoms with Gasteiger partial charge in [0.25, 0.3) is 0 Å². The molecule has 0 atom stereocenters. The smallest absolute Gasteiger partial charge is 0.297 e. The number of oxime groups is 1. The van der Waals surface area contributed by atoms with Crippen LogP contribution in [0.2, 0.25) is 0 Å². The molecular weight excluding hydrogens is 348 g/mol. The first-order chi connectivity index (χ1) is 10.4. The molecule has 1 aromatic rings. The molecule has 1 N–H and O–H groups in total. The number of aryl methyl sites for hydroxylation is 1. The van der Waals surface area contributed by atoms with Gasteiger partial charge in [0.15, 0.2) is 5.78 Å². The molecule has 0 heterocycles. The Morgan fingerprint density at radius 1 is 1.18 bits per heavy atom. The van der Waals surface area contributed by atoms with Crippen molar-refractivity contribution < 1.29 is 14.4 Å². The van der Waals surface area contributed by atoms with Crippen LogP contribution in [-0.2, 0) is 9.63 Å². The summed E-state index contributed by atoms with van der Waals surface area (Å²) in [4.78, 5) is 28.1. The summed E-state index contributed by atoms with van der Waals surface area (Å²) in [5.74, 6) is -0.0653. The summed E-state index contributed by atoms with van der Waals surface area (Å²) in [6.07, 6.45) is 2.35. The van der Waals surface area contributed by atoms with E-state index in [0.29, 0.717) is 22.5 Å². The maximum Gasteiger partial charge on any atom is 0.437 e. The van der Waals surface area contributed by atoms with Gasteiger partial charge in [-0.15, -0.1) is 0 Å². The number of rotatable bonds is 2. The number of nitrogens with one attached hydrogen (secondary N) is 1. The first-order valence-electron chi connectivity index (χ1n) is 6.60. The second-order valence-electron chi connectivity index (χ2n) is 4.98. The summed E-state index contributed by atoms with van der Waals surface area (Å²) in [5, 5.41) is 6.37. The van der Waals surface area contributed by atoms with E-state index < -0.39 is 6.09 Å². The first-order valence-corrected chi connectivity index (χ1v) is 7.39. The number of amides is 1. The lowest BCUT2D eigenvalue weighted by molar-refractivity contribution is -0.111. The zero-order valence-electron chi connectivity index (χ0n) is 12.4. The van der Waals surface area contributed by atoms with Crippen LogP contribution in [0.15, 0.2) is 51.1 Å². The van der Waals surface area contributed by atoms with E-state index >= 15 is 0 Å². The van der Waals surface area contributed by atoms with Gasteiger partial charge in [0, 0.05) is 4.47 Å². The Kier molecular flexibility index (Phi) is 4.92. The number of allylic oxidation sites excluding steroid dienone is 4. The van der Waals surface area contributed by atoms with Crippen molar-refractivity contribution >= 4 is 39.2 Å². The zero-order chi connectivity index (χ0) is 16.3. The number of ketones is 1. The Hall–Kier alpha value is -2.21. The average molecular weight is 363 g/mol. The number of hydrogen-bond donors (Lipinski definition) is 1. The number of hydrogen-bond acceptors (Lipinski definition) is 4. The summed E-state index contributed by atoms with van der Waals surface area (Å²) in [6.45, 7) is 5.37. The molecule has 22 heavy (non-hydrogen) atoms. The third-order valence-corrected chi connectivity index (χ3v) is 3.74. The fourth-order valence-corrected chi connectivity index (χ4v) is 2.41. The normalized spacial score (nSPS) is 16.2. The van der Waals surface area contributed by atoms with Crippen LogP contribution >= 0.6 is 15.9 Å². The van der Waals surface area contributed by atoms with E-state index in [1.165, 1.54) is 6.08 Å². The first kappa shape index (κ1) is 16.2. The molecule has 2 rings (SSSR count). The van der Waals surface area contributed by atoms with Crippen molar-refractivity contribution in [3.05, 3.63) is 51.5 Å². The summed E-state index contributed by atoms with van der Waals surface area (Å²) in [6, 6.07) is 5.52. The van der Waals surface area contributed by atoms with Crippen LogP contribution in [0.25, 0.3) is 0 Å². The van der Waals surface area contributed by atoms with Crippen LogP contribution in [0.3, 0.4) is 0 Å². The molecule has 0 fully saturated rings. The highest BCUT2D eigenvalue weighted by molar-refractivity contribution is 9.10. The lowest BCUT2D eigenvalue weighted by atomic mass is 9.99. The summed E-state index contributed by atoms with van der Waals surface area (Å²) in [5.41, 5.74) is 3.32. The van der Waals surface area contributed by atoms with Gasteiger partial charge in [-0.1, -0.05) is 11.2 Å². The van der Waals surface area contributed by atoms with E-state index in [9.17, 15) is 9.59 Å². The van der Waals surface area contributed by atoms with E-state index in [0.717, 1.165) is 10.0 Å². The lowest BCUT2D eigenvalue weighted by Crippen LogP contribution is -2.15. The van der Waals surface area contributed by atoms with Gasteiger partial charge in [0.2, 0.25) is 0 Å². The molecule has 114 valence electrons. The Morgan fingerprint density at radius 3 is 2.59 bits per heavy atom. The highest BCUT2D eigenvalue weighted by atomic mass is 79.9. The van der Waals surface area contributed by atoms with E-state index in [-0.39, 0.29) is 5.78 Å². The van der Waals surface area contributed by atoms with Crippen molar-refractivity contribution in [2.75, 3.05) is 5.32 Å². The maximum atomic E-state index is 11.8. The minimum Gasteiger partial charge on any atom is -0.297 e. The average Bonchev–Trinajstić information content (AvgIpc) is 2.44. The third kappa shape index (κ3) is 3.92. The number of carbonyl (C=O) groups excluding carboxylic acids is 2. The molecule has 0 saturated heterocycles. The molecule has 0 aliphatic heterocycles. The predicted octanol–water partition coefficient (Wildman–Crippen LogP) is 4.14. The van der Waals surface area contributed by atoms with Crippen LogP contribution in [0.5, 0.6) is 0 Å². The second-order valence-corrected chi connectivity index (χ2v) is 5.84. The van der Waals surface area contributed by atoms with Crippen molar-refractivity contribution in [3.63, 3.8) is 0 Å². The van der Waals surface area contributed by atoms with Crippen molar-refractivity contribution in [1.29, 1.82) is 0 Å². The molecule has 0 saturated carbocycles. The SMILES string of the molecule is CC1=CC(=NOC(=O)Nc2ccc(C)cc2Br)C(C)=CC1=O. The summed E-state index contributed by atoms with van der Waals surface area (Å²) >= 11 is 3.37. The number of nitrogens with zero attached hydrogens (tertiary/aromatic N) is 1. The Labute approximate surface area is 136 Å². The number of anilines is 1. The monoisotopic (exact) mass is 362 g/mol. The Morgan fingerprint density at radius 2 is 1.91 bits per heavy atom. The molecule has 1 amide bonds. The molecule has 1 aliphatic rings. The van der Waals surface area contributed by atoms with Crippen molar-refractivity contribution in [1.82, 2.24) is 0 Å². The highest BCUT2D eigenvalue weighted by Gasteiger charge is 2.14. The van der Waals surface area contributed by atoms with Gasteiger partial charge >= 0.3 is 6.09 Å². The number of benzene rings is 1. The molecule has 0 aromatic heterocycles. The highest BCUT2D eigenvalue weighted by Crippen LogP contribution is 2.23. The molecule has 6 heteroatoms. The van der Waals surface area contributed by atoms with Crippen LogP contribution < -0.4 is 5.32 Å². The molecule has 0 radical (unpaired) electrons. The quantitative estimate of drug-likeness (QED) is 0.488. The van der Waals surface area contributed by atoms with Crippen LogP contribution in [0.1, 0.15) is 19.4 Å². The zero-order valence-corrected chi connectivity index (χ0v) is 14.0.